The van der Waals surface area contributed by atoms with Crippen molar-refractivity contribution >= 4 is 28.4 Å². The fourth-order valence-corrected chi connectivity index (χ4v) is 4.28. The third-order valence-electron chi connectivity index (χ3n) is 4.44. The topological polar surface area (TPSA) is 84.5 Å². The Bertz CT molecular complexity index is 659. The van der Waals surface area contributed by atoms with E-state index in [0.29, 0.717) is 30.3 Å². The predicted octanol–water partition coefficient (Wildman–Crippen LogP) is 2.63. The second-order valence-corrected chi connectivity index (χ2v) is 8.29. The number of rotatable bonds is 8. The average molecular weight is 405 g/mol. The normalized spacial score (nSPS) is 15.7. The molecule has 0 aromatic heterocycles. The molecule has 0 aliphatic heterocycles. The molecule has 1 aliphatic rings. The van der Waals surface area contributed by atoms with E-state index in [4.69, 9.17) is 0 Å². The van der Waals surface area contributed by atoms with Gasteiger partial charge < -0.3 is 10.1 Å². The summed E-state index contributed by atoms with van der Waals surface area (Å²) in [5.41, 5.74) is 0.914. The van der Waals surface area contributed by atoms with Gasteiger partial charge in [0.1, 0.15) is 0 Å². The molecule has 148 valence electrons. The van der Waals surface area contributed by atoms with Crippen LogP contribution in [0.25, 0.3) is 0 Å². The number of hydrogen-bond acceptors (Lipinski definition) is 5. The molecule has 8 heteroatoms. The molecule has 1 saturated carbocycles. The Hall–Kier alpha value is -1.15. The van der Waals surface area contributed by atoms with Gasteiger partial charge in [-0.15, -0.1) is 12.4 Å². The molecule has 6 nitrogen and oxygen atoms in total. The first-order chi connectivity index (χ1) is 12.0. The Kier molecular flexibility index (Phi) is 10.2. The summed E-state index contributed by atoms with van der Waals surface area (Å²) in [6, 6.07) is 7.00. The van der Waals surface area contributed by atoms with E-state index in [1.807, 2.05) is 0 Å². The van der Waals surface area contributed by atoms with Crippen LogP contribution in [0.5, 0.6) is 0 Å². The first kappa shape index (κ1) is 22.9. The van der Waals surface area contributed by atoms with E-state index in [1.165, 1.54) is 45.6 Å². The van der Waals surface area contributed by atoms with Crippen LogP contribution in [0.3, 0.4) is 0 Å². The van der Waals surface area contributed by atoms with Crippen LogP contribution in [-0.4, -0.2) is 40.6 Å². The fraction of sp³-hybridized carbons (Fsp3) is 0.611. The lowest BCUT2D eigenvalue weighted by molar-refractivity contribution is 0.0600. The van der Waals surface area contributed by atoms with E-state index in [9.17, 15) is 13.2 Å². The highest BCUT2D eigenvalue weighted by atomic mass is 35.5. The predicted molar refractivity (Wildman–Crippen MR) is 105 cm³/mol. The second kappa shape index (κ2) is 11.5. The van der Waals surface area contributed by atoms with Crippen LogP contribution in [0.15, 0.2) is 24.3 Å². The maximum atomic E-state index is 12.2. The smallest absolute Gasteiger partial charge is 0.337 e. The summed E-state index contributed by atoms with van der Waals surface area (Å²) in [6.45, 7) is 1.00. The summed E-state index contributed by atoms with van der Waals surface area (Å²) in [4.78, 5) is 11.5. The lowest BCUT2D eigenvalue weighted by Gasteiger charge is -2.16. The number of methoxy groups -OCH3 is 1. The lowest BCUT2D eigenvalue weighted by atomic mass is 10.1. The van der Waals surface area contributed by atoms with Gasteiger partial charge in [0.2, 0.25) is 10.0 Å². The van der Waals surface area contributed by atoms with Gasteiger partial charge in [-0.2, -0.15) is 0 Å². The molecule has 1 aliphatic carbocycles. The van der Waals surface area contributed by atoms with Gasteiger partial charge in [-0.3, -0.25) is 0 Å². The molecule has 0 bridgehead atoms. The van der Waals surface area contributed by atoms with Crippen LogP contribution >= 0.6 is 12.4 Å². The van der Waals surface area contributed by atoms with Gasteiger partial charge in [-0.05, 0) is 30.5 Å². The molecule has 2 N–H and O–H groups in total. The van der Waals surface area contributed by atoms with Gasteiger partial charge in [0, 0.05) is 19.1 Å². The molecule has 0 unspecified atom stereocenters. The zero-order valence-electron chi connectivity index (χ0n) is 15.2. The van der Waals surface area contributed by atoms with Crippen LogP contribution in [-0.2, 0) is 20.5 Å². The maximum absolute atomic E-state index is 12.2. The van der Waals surface area contributed by atoms with Gasteiger partial charge in [0.15, 0.2) is 0 Å². The number of carbonyl (C=O) groups is 1. The van der Waals surface area contributed by atoms with Crippen molar-refractivity contribution in [2.75, 3.05) is 20.2 Å². The van der Waals surface area contributed by atoms with Crippen molar-refractivity contribution < 1.29 is 17.9 Å². The highest BCUT2D eigenvalue weighted by Gasteiger charge is 2.14. The highest BCUT2D eigenvalue weighted by molar-refractivity contribution is 7.88. The standard InChI is InChI=1S/C18H28N2O4S.ClH/c1-24-18(21)16-8-6-7-15(13-16)14-25(22,23)20-12-11-19-17-9-4-2-3-5-10-17;/h6-8,13,17,19-20H,2-5,9-12,14H2,1H3;1H. The third kappa shape index (κ3) is 8.03. The minimum Gasteiger partial charge on any atom is -0.465 e. The Balaban J connectivity index is 0.00000338. The van der Waals surface area contributed by atoms with E-state index >= 15 is 0 Å². The van der Waals surface area contributed by atoms with E-state index in [-0.39, 0.29) is 18.2 Å². The largest absolute Gasteiger partial charge is 0.465 e. The Morgan fingerprint density at radius 3 is 2.50 bits per heavy atom. The van der Waals surface area contributed by atoms with Crippen LogP contribution in [0.2, 0.25) is 0 Å². The highest BCUT2D eigenvalue weighted by Crippen LogP contribution is 2.16. The number of ether oxygens (including phenoxy) is 1. The van der Waals surface area contributed by atoms with E-state index in [2.05, 4.69) is 14.8 Å². The molecule has 2 rings (SSSR count). The van der Waals surface area contributed by atoms with E-state index in [1.54, 1.807) is 24.3 Å². The van der Waals surface area contributed by atoms with Crippen molar-refractivity contribution in [1.29, 1.82) is 0 Å². The number of sulfonamides is 1. The summed E-state index contributed by atoms with van der Waals surface area (Å²) >= 11 is 0. The number of carbonyl (C=O) groups excluding carboxylic acids is 1. The molecule has 0 atom stereocenters. The zero-order chi connectivity index (χ0) is 18.1. The molecule has 0 heterocycles. The van der Waals surface area contributed by atoms with Crippen molar-refractivity contribution in [2.24, 2.45) is 0 Å². The quantitative estimate of drug-likeness (QED) is 0.395. The van der Waals surface area contributed by atoms with Crippen molar-refractivity contribution in [3.05, 3.63) is 35.4 Å². The Morgan fingerprint density at radius 1 is 1.15 bits per heavy atom. The lowest BCUT2D eigenvalue weighted by Crippen LogP contribution is -2.37. The van der Waals surface area contributed by atoms with Gasteiger partial charge in [0.05, 0.1) is 18.4 Å². The van der Waals surface area contributed by atoms with Crippen LogP contribution in [0.4, 0.5) is 0 Å². The molecule has 0 spiro atoms. The van der Waals surface area contributed by atoms with Crippen molar-refractivity contribution in [3.8, 4) is 0 Å². The fourth-order valence-electron chi connectivity index (χ4n) is 3.14. The van der Waals surface area contributed by atoms with Crippen molar-refractivity contribution in [2.45, 2.75) is 50.3 Å². The van der Waals surface area contributed by atoms with Gasteiger partial charge in [-0.25, -0.2) is 17.9 Å². The van der Waals surface area contributed by atoms with Gasteiger partial charge in [0.25, 0.3) is 0 Å². The number of benzene rings is 1. The molecule has 0 radical (unpaired) electrons. The van der Waals surface area contributed by atoms with Crippen LogP contribution < -0.4 is 10.0 Å². The van der Waals surface area contributed by atoms with Crippen LogP contribution in [0, 0.1) is 0 Å². The van der Waals surface area contributed by atoms with E-state index < -0.39 is 16.0 Å². The summed E-state index contributed by atoms with van der Waals surface area (Å²) in [5, 5.41) is 3.44. The first-order valence-corrected chi connectivity index (χ1v) is 10.5. The zero-order valence-corrected chi connectivity index (χ0v) is 16.8. The number of nitrogens with one attached hydrogen (secondary N) is 2. The average Bonchev–Trinajstić information content (AvgIpc) is 2.86. The second-order valence-electron chi connectivity index (χ2n) is 6.49. The van der Waals surface area contributed by atoms with Gasteiger partial charge >= 0.3 is 5.97 Å². The number of esters is 1. The SMILES string of the molecule is COC(=O)c1cccc(CS(=O)(=O)NCCNC2CCCCCC2)c1.Cl. The number of halogens is 1. The van der Waals surface area contributed by atoms with Gasteiger partial charge in [-0.1, -0.05) is 37.8 Å². The molecular formula is C18H29ClN2O4S. The monoisotopic (exact) mass is 404 g/mol. The molecule has 0 amide bonds. The summed E-state index contributed by atoms with van der Waals surface area (Å²) in [6.07, 6.45) is 7.45. The number of hydrogen-bond donors (Lipinski definition) is 2. The minimum absolute atomic E-state index is 0. The summed E-state index contributed by atoms with van der Waals surface area (Å²) in [5.74, 6) is -0.624. The Morgan fingerprint density at radius 2 is 1.85 bits per heavy atom. The van der Waals surface area contributed by atoms with Crippen LogP contribution in [0.1, 0.15) is 54.4 Å². The Labute approximate surface area is 162 Å². The molecule has 26 heavy (non-hydrogen) atoms. The van der Waals surface area contributed by atoms with E-state index in [0.717, 1.165) is 0 Å². The van der Waals surface area contributed by atoms with Crippen molar-refractivity contribution in [3.63, 3.8) is 0 Å². The molecule has 1 aromatic carbocycles. The molecule has 1 fully saturated rings. The summed E-state index contributed by atoms with van der Waals surface area (Å²) < 4.78 is 31.7. The minimum atomic E-state index is -3.44. The molecule has 0 saturated heterocycles. The summed E-state index contributed by atoms with van der Waals surface area (Å²) in [7, 11) is -2.14. The van der Waals surface area contributed by atoms with Crippen molar-refractivity contribution in [1.82, 2.24) is 10.0 Å². The maximum Gasteiger partial charge on any atom is 0.337 e. The first-order valence-electron chi connectivity index (χ1n) is 8.88. The molecule has 1 aromatic rings. The molecular weight excluding hydrogens is 376 g/mol. The third-order valence-corrected chi connectivity index (χ3v) is 5.80.